The summed E-state index contributed by atoms with van der Waals surface area (Å²) in [5.41, 5.74) is -0.864. The van der Waals surface area contributed by atoms with Crippen molar-refractivity contribution in [3.8, 4) is 0 Å². The normalized spacial score (nSPS) is 15.2. The maximum Gasteiger partial charge on any atom is 0.417 e. The van der Waals surface area contributed by atoms with Gasteiger partial charge in [0.25, 0.3) is 5.91 Å². The van der Waals surface area contributed by atoms with Gasteiger partial charge >= 0.3 is 6.18 Å². The van der Waals surface area contributed by atoms with Crippen molar-refractivity contribution >= 4 is 34.7 Å². The fourth-order valence-corrected chi connectivity index (χ4v) is 3.35. The molecule has 0 bridgehead atoms. The molecule has 1 amide bonds. The van der Waals surface area contributed by atoms with Crippen molar-refractivity contribution in [2.45, 2.75) is 6.18 Å². The summed E-state index contributed by atoms with van der Waals surface area (Å²) in [5, 5.41) is 4.65. The second kappa shape index (κ2) is 6.60. The van der Waals surface area contributed by atoms with Crippen LogP contribution in [0.15, 0.2) is 29.8 Å². The van der Waals surface area contributed by atoms with Crippen molar-refractivity contribution in [1.82, 2.24) is 10.3 Å². The Kier molecular flexibility index (Phi) is 4.69. The molecule has 1 saturated heterocycles. The summed E-state index contributed by atoms with van der Waals surface area (Å²) < 4.78 is 37.8. The maximum atomic E-state index is 12.6. The number of nitrogens with zero attached hydrogens (tertiary/aromatic N) is 2. The van der Waals surface area contributed by atoms with Crippen molar-refractivity contribution in [2.24, 2.45) is 5.92 Å². The first-order valence-corrected chi connectivity index (χ1v) is 8.40. The van der Waals surface area contributed by atoms with E-state index in [1.807, 2.05) is 11.4 Å². The van der Waals surface area contributed by atoms with Gasteiger partial charge in [-0.2, -0.15) is 13.2 Å². The number of hydrogen-bond acceptors (Lipinski definition) is 4. The smallest absolute Gasteiger partial charge is 0.355 e. The van der Waals surface area contributed by atoms with E-state index in [0.29, 0.717) is 30.3 Å². The Morgan fingerprint density at radius 1 is 1.46 bits per heavy atom. The van der Waals surface area contributed by atoms with Gasteiger partial charge in [-0.3, -0.25) is 4.79 Å². The lowest BCUT2D eigenvalue weighted by Crippen LogP contribution is -2.52. The first kappa shape index (κ1) is 17.0. The van der Waals surface area contributed by atoms with Crippen LogP contribution in [0.5, 0.6) is 0 Å². The molecule has 0 radical (unpaired) electrons. The number of carbonyl (C=O) groups is 1. The maximum absolute atomic E-state index is 12.6. The molecule has 0 atom stereocenters. The topological polar surface area (TPSA) is 45.2 Å². The SMILES string of the molecule is O=C(NCC1CN(c2ncc(C(F)(F)F)cc2Cl)C1)c1cccs1. The van der Waals surface area contributed by atoms with Crippen LogP contribution in [0.2, 0.25) is 5.02 Å². The molecule has 2 aromatic rings. The van der Waals surface area contributed by atoms with Crippen LogP contribution in [0, 0.1) is 5.92 Å². The third kappa shape index (κ3) is 3.64. The van der Waals surface area contributed by atoms with Crippen molar-refractivity contribution in [3.63, 3.8) is 0 Å². The number of aromatic nitrogens is 1. The van der Waals surface area contributed by atoms with Crippen molar-refractivity contribution in [2.75, 3.05) is 24.5 Å². The largest absolute Gasteiger partial charge is 0.417 e. The van der Waals surface area contributed by atoms with E-state index in [0.717, 1.165) is 12.3 Å². The molecule has 1 aliphatic rings. The first-order valence-electron chi connectivity index (χ1n) is 7.14. The van der Waals surface area contributed by atoms with Gasteiger partial charge in [-0.1, -0.05) is 17.7 Å². The number of halogens is 4. The number of thiophene rings is 1. The van der Waals surface area contributed by atoms with Crippen LogP contribution in [-0.2, 0) is 6.18 Å². The molecule has 1 fully saturated rings. The summed E-state index contributed by atoms with van der Waals surface area (Å²) in [6, 6.07) is 4.44. The van der Waals surface area contributed by atoms with Gasteiger partial charge in [0, 0.05) is 31.7 Å². The molecule has 9 heteroatoms. The van der Waals surface area contributed by atoms with Gasteiger partial charge in [0.1, 0.15) is 5.82 Å². The summed E-state index contributed by atoms with van der Waals surface area (Å²) in [6.07, 6.45) is -3.67. The van der Waals surface area contributed by atoms with Gasteiger partial charge < -0.3 is 10.2 Å². The molecule has 0 spiro atoms. The quantitative estimate of drug-likeness (QED) is 0.886. The molecule has 1 aliphatic heterocycles. The van der Waals surface area contributed by atoms with Gasteiger partial charge in [0.05, 0.1) is 15.5 Å². The number of anilines is 1. The Morgan fingerprint density at radius 3 is 2.79 bits per heavy atom. The van der Waals surface area contributed by atoms with Crippen LogP contribution in [-0.4, -0.2) is 30.5 Å². The molecule has 0 aliphatic carbocycles. The Hall–Kier alpha value is -1.80. The molecule has 0 aromatic carbocycles. The Morgan fingerprint density at radius 2 is 2.21 bits per heavy atom. The molecule has 3 rings (SSSR count). The van der Waals surface area contributed by atoms with E-state index >= 15 is 0 Å². The predicted molar refractivity (Wildman–Crippen MR) is 86.6 cm³/mol. The summed E-state index contributed by atoms with van der Waals surface area (Å²) in [6.45, 7) is 1.68. The van der Waals surface area contributed by atoms with Crippen LogP contribution < -0.4 is 10.2 Å². The third-order valence-corrected chi connectivity index (χ3v) is 4.85. The summed E-state index contributed by atoms with van der Waals surface area (Å²) in [7, 11) is 0. The minimum Gasteiger partial charge on any atom is -0.355 e. The molecule has 4 nitrogen and oxygen atoms in total. The van der Waals surface area contributed by atoms with Crippen LogP contribution in [0.25, 0.3) is 0 Å². The first-order chi connectivity index (χ1) is 11.3. The molecule has 128 valence electrons. The fourth-order valence-electron chi connectivity index (χ4n) is 2.42. The second-order valence-electron chi connectivity index (χ2n) is 5.49. The number of hydrogen-bond donors (Lipinski definition) is 1. The van der Waals surface area contributed by atoms with Gasteiger partial charge in [-0.15, -0.1) is 11.3 Å². The zero-order chi connectivity index (χ0) is 17.3. The highest BCUT2D eigenvalue weighted by Crippen LogP contribution is 2.35. The Labute approximate surface area is 145 Å². The lowest BCUT2D eigenvalue weighted by atomic mass is 10.00. The van der Waals surface area contributed by atoms with E-state index in [9.17, 15) is 18.0 Å². The fraction of sp³-hybridized carbons (Fsp3) is 0.333. The third-order valence-electron chi connectivity index (χ3n) is 3.70. The number of nitrogens with one attached hydrogen (secondary N) is 1. The van der Waals surface area contributed by atoms with E-state index < -0.39 is 11.7 Å². The zero-order valence-corrected chi connectivity index (χ0v) is 13.9. The second-order valence-corrected chi connectivity index (χ2v) is 6.84. The van der Waals surface area contributed by atoms with Crippen LogP contribution in [0.4, 0.5) is 19.0 Å². The highest BCUT2D eigenvalue weighted by atomic mass is 35.5. The molecule has 2 aromatic heterocycles. The van der Waals surface area contributed by atoms with E-state index in [2.05, 4.69) is 10.3 Å². The minimum absolute atomic E-state index is 0.0223. The number of carbonyl (C=O) groups excluding carboxylic acids is 1. The number of rotatable bonds is 4. The molecular weight excluding hydrogens is 363 g/mol. The van der Waals surface area contributed by atoms with E-state index in [1.165, 1.54) is 11.3 Å². The highest BCUT2D eigenvalue weighted by Gasteiger charge is 2.34. The monoisotopic (exact) mass is 375 g/mol. The number of alkyl halides is 3. The molecule has 0 unspecified atom stereocenters. The predicted octanol–water partition coefficient (Wildman–Crippen LogP) is 3.68. The van der Waals surface area contributed by atoms with Gasteiger partial charge in [0.15, 0.2) is 0 Å². The lowest BCUT2D eigenvalue weighted by Gasteiger charge is -2.40. The minimum atomic E-state index is -4.46. The standard InChI is InChI=1S/C15H13ClF3N3OS/c16-11-4-10(15(17,18)19)6-20-13(11)22-7-9(8-22)5-21-14(23)12-2-1-3-24-12/h1-4,6,9H,5,7-8H2,(H,21,23). The summed E-state index contributed by atoms with van der Waals surface area (Å²) in [5.74, 6) is 0.439. The van der Waals surface area contributed by atoms with Crippen molar-refractivity contribution in [1.29, 1.82) is 0 Å². The Balaban J connectivity index is 1.52. The average molecular weight is 376 g/mol. The lowest BCUT2D eigenvalue weighted by molar-refractivity contribution is -0.137. The van der Waals surface area contributed by atoms with E-state index in [4.69, 9.17) is 11.6 Å². The molecule has 0 saturated carbocycles. The van der Waals surface area contributed by atoms with Gasteiger partial charge in [-0.25, -0.2) is 4.98 Å². The average Bonchev–Trinajstić information content (AvgIpc) is 3.00. The van der Waals surface area contributed by atoms with E-state index in [-0.39, 0.29) is 16.8 Å². The summed E-state index contributed by atoms with van der Waals surface area (Å²) in [4.78, 5) is 18.1. The molecule has 3 heterocycles. The Bertz CT molecular complexity index is 730. The molecular formula is C15H13ClF3N3OS. The highest BCUT2D eigenvalue weighted by molar-refractivity contribution is 7.12. The van der Waals surface area contributed by atoms with Crippen LogP contribution >= 0.6 is 22.9 Å². The van der Waals surface area contributed by atoms with Gasteiger partial charge in [-0.05, 0) is 17.5 Å². The van der Waals surface area contributed by atoms with Crippen molar-refractivity contribution < 1.29 is 18.0 Å². The number of amides is 1. The van der Waals surface area contributed by atoms with Crippen molar-refractivity contribution in [3.05, 3.63) is 45.2 Å². The van der Waals surface area contributed by atoms with Gasteiger partial charge in [0.2, 0.25) is 0 Å². The van der Waals surface area contributed by atoms with Crippen LogP contribution in [0.1, 0.15) is 15.2 Å². The molecule has 1 N–H and O–H groups in total. The van der Waals surface area contributed by atoms with E-state index in [1.54, 1.807) is 11.0 Å². The zero-order valence-electron chi connectivity index (χ0n) is 12.3. The molecule has 24 heavy (non-hydrogen) atoms. The van der Waals surface area contributed by atoms with Crippen LogP contribution in [0.3, 0.4) is 0 Å². The number of pyridine rings is 1. The summed E-state index contributed by atoms with van der Waals surface area (Å²) >= 11 is 7.28.